The van der Waals surface area contributed by atoms with Crippen molar-refractivity contribution in [2.45, 2.75) is 45.8 Å². The maximum atomic E-state index is 10.4. The Hall–Kier alpha value is -0.0800. The molecule has 2 saturated carbocycles. The first kappa shape index (κ1) is 10.4. The molecule has 0 aromatic rings. The van der Waals surface area contributed by atoms with Crippen LogP contribution < -0.4 is 0 Å². The molecule has 0 heterocycles. The second-order valence-electron chi connectivity index (χ2n) is 6.18. The Bertz CT molecular complexity index is 249. The fourth-order valence-electron chi connectivity index (χ4n) is 3.93. The smallest absolute Gasteiger partial charge is 0.0756 e. The molecule has 1 N–H and O–H groups in total. The first-order valence-electron chi connectivity index (χ1n) is 5.67. The summed E-state index contributed by atoms with van der Waals surface area (Å²) in [5, 5.41) is 10.4. The third kappa shape index (κ3) is 0.938. The van der Waals surface area contributed by atoms with E-state index in [2.05, 4.69) is 39.8 Å². The lowest BCUT2D eigenvalue weighted by atomic mass is 9.70. The van der Waals surface area contributed by atoms with E-state index in [0.717, 1.165) is 0 Å². The molecule has 0 saturated heterocycles. The van der Waals surface area contributed by atoms with E-state index in [1.807, 2.05) is 0 Å². The monoisotopic (exact) mass is 197 g/mol. The number of hydrogen-bond acceptors (Lipinski definition) is 2. The number of fused-ring (bicyclic) bond motifs is 2. The Kier molecular flexibility index (Phi) is 2.04. The van der Waals surface area contributed by atoms with Crippen LogP contribution in [0.25, 0.3) is 0 Å². The Balaban J connectivity index is 2.39. The van der Waals surface area contributed by atoms with Gasteiger partial charge in [-0.05, 0) is 38.3 Å². The summed E-state index contributed by atoms with van der Waals surface area (Å²) in [5.41, 5.74) is 0.425. The molecule has 0 aliphatic heterocycles. The molecular weight excluding hydrogens is 174 g/mol. The van der Waals surface area contributed by atoms with Crippen LogP contribution in [0.1, 0.15) is 33.6 Å². The molecule has 2 nitrogen and oxygen atoms in total. The quantitative estimate of drug-likeness (QED) is 0.692. The van der Waals surface area contributed by atoms with Gasteiger partial charge in [0.15, 0.2) is 0 Å². The number of likely N-dealkylation sites (N-methyl/N-ethyl adjacent to an activating group) is 1. The molecule has 1 unspecified atom stereocenters. The SMILES string of the molecule is CN(C)C1[C@H]2CC[C@](C)([C@H]1O)C2(C)C. The zero-order valence-corrected chi connectivity index (χ0v) is 10.0. The van der Waals surface area contributed by atoms with Crippen LogP contribution >= 0.6 is 0 Å². The molecule has 4 atom stereocenters. The lowest BCUT2D eigenvalue weighted by molar-refractivity contribution is -0.0195. The molecule has 2 heteroatoms. The van der Waals surface area contributed by atoms with Crippen LogP contribution in [-0.2, 0) is 0 Å². The van der Waals surface area contributed by atoms with E-state index >= 15 is 0 Å². The Morgan fingerprint density at radius 3 is 2.07 bits per heavy atom. The summed E-state index contributed by atoms with van der Waals surface area (Å²) in [7, 11) is 4.18. The average molecular weight is 197 g/mol. The van der Waals surface area contributed by atoms with Crippen LogP contribution in [0, 0.1) is 16.7 Å². The first-order chi connectivity index (χ1) is 6.32. The number of aliphatic hydroxyl groups is 1. The number of hydrogen-bond donors (Lipinski definition) is 1. The minimum absolute atomic E-state index is 0.132. The topological polar surface area (TPSA) is 23.5 Å². The summed E-state index contributed by atoms with van der Waals surface area (Å²) in [5.74, 6) is 0.664. The van der Waals surface area contributed by atoms with Gasteiger partial charge in [0.2, 0.25) is 0 Å². The summed E-state index contributed by atoms with van der Waals surface area (Å²) in [6, 6.07) is 0.365. The molecule has 0 radical (unpaired) electrons. The second-order valence-corrected chi connectivity index (χ2v) is 6.18. The molecule has 2 aliphatic rings. The van der Waals surface area contributed by atoms with Gasteiger partial charge in [-0.2, -0.15) is 0 Å². The highest BCUT2D eigenvalue weighted by Gasteiger charge is 2.66. The van der Waals surface area contributed by atoms with Crippen molar-refractivity contribution in [1.82, 2.24) is 4.90 Å². The lowest BCUT2D eigenvalue weighted by Gasteiger charge is -2.38. The Morgan fingerprint density at radius 1 is 1.21 bits per heavy atom. The molecule has 14 heavy (non-hydrogen) atoms. The molecule has 0 amide bonds. The van der Waals surface area contributed by atoms with E-state index in [4.69, 9.17) is 0 Å². The average Bonchev–Trinajstić information content (AvgIpc) is 2.35. The van der Waals surface area contributed by atoms with E-state index in [-0.39, 0.29) is 11.5 Å². The van der Waals surface area contributed by atoms with Crippen molar-refractivity contribution in [2.24, 2.45) is 16.7 Å². The van der Waals surface area contributed by atoms with E-state index in [9.17, 15) is 5.11 Å². The highest BCUT2D eigenvalue weighted by atomic mass is 16.3. The molecule has 2 rings (SSSR count). The van der Waals surface area contributed by atoms with Gasteiger partial charge in [0.25, 0.3) is 0 Å². The highest BCUT2D eigenvalue weighted by Crippen LogP contribution is 2.66. The van der Waals surface area contributed by atoms with Crippen LogP contribution in [0.5, 0.6) is 0 Å². The van der Waals surface area contributed by atoms with Gasteiger partial charge in [-0.1, -0.05) is 20.8 Å². The van der Waals surface area contributed by atoms with Crippen molar-refractivity contribution in [3.8, 4) is 0 Å². The largest absolute Gasteiger partial charge is 0.391 e. The summed E-state index contributed by atoms with van der Waals surface area (Å²) in [6.07, 6.45) is 2.32. The Labute approximate surface area is 87.3 Å². The molecule has 82 valence electrons. The molecule has 0 aromatic carbocycles. The van der Waals surface area contributed by atoms with E-state index in [1.165, 1.54) is 12.8 Å². The molecule has 2 bridgehead atoms. The van der Waals surface area contributed by atoms with Crippen molar-refractivity contribution in [1.29, 1.82) is 0 Å². The first-order valence-corrected chi connectivity index (χ1v) is 5.67. The summed E-state index contributed by atoms with van der Waals surface area (Å²) >= 11 is 0. The van der Waals surface area contributed by atoms with Crippen molar-refractivity contribution in [3.63, 3.8) is 0 Å². The lowest BCUT2D eigenvalue weighted by Crippen LogP contribution is -2.46. The van der Waals surface area contributed by atoms with Gasteiger partial charge >= 0.3 is 0 Å². The van der Waals surface area contributed by atoms with Gasteiger partial charge in [0.1, 0.15) is 0 Å². The van der Waals surface area contributed by atoms with E-state index in [0.29, 0.717) is 17.4 Å². The summed E-state index contributed by atoms with van der Waals surface area (Å²) < 4.78 is 0. The molecule has 2 aliphatic carbocycles. The van der Waals surface area contributed by atoms with Crippen molar-refractivity contribution >= 4 is 0 Å². The van der Waals surface area contributed by atoms with Gasteiger partial charge in [0, 0.05) is 11.5 Å². The maximum absolute atomic E-state index is 10.4. The van der Waals surface area contributed by atoms with Gasteiger partial charge in [0.05, 0.1) is 6.10 Å². The van der Waals surface area contributed by atoms with E-state index < -0.39 is 0 Å². The molecule has 0 aromatic heterocycles. The number of rotatable bonds is 1. The third-order valence-corrected chi connectivity index (χ3v) is 5.36. The summed E-state index contributed by atoms with van der Waals surface area (Å²) in [4.78, 5) is 2.21. The van der Waals surface area contributed by atoms with Gasteiger partial charge in [-0.25, -0.2) is 0 Å². The zero-order chi connectivity index (χ0) is 10.7. The molecule has 0 spiro atoms. The van der Waals surface area contributed by atoms with Crippen molar-refractivity contribution < 1.29 is 5.11 Å². The van der Waals surface area contributed by atoms with Crippen molar-refractivity contribution in [2.75, 3.05) is 14.1 Å². The standard InChI is InChI=1S/C12H23NO/c1-11(2)8-6-7-12(11,3)10(14)9(8)13(4)5/h8-10,14H,6-7H2,1-5H3/t8-,9?,10+,12-/m1/s1. The minimum atomic E-state index is -0.147. The fraction of sp³-hybridized carbons (Fsp3) is 1.00. The predicted molar refractivity (Wildman–Crippen MR) is 58.1 cm³/mol. The van der Waals surface area contributed by atoms with Crippen LogP contribution in [0.15, 0.2) is 0 Å². The molecule has 2 fully saturated rings. The van der Waals surface area contributed by atoms with Gasteiger partial charge in [-0.3, -0.25) is 0 Å². The minimum Gasteiger partial charge on any atom is -0.391 e. The predicted octanol–water partition coefficient (Wildman–Crippen LogP) is 1.73. The van der Waals surface area contributed by atoms with Crippen LogP contribution in [-0.4, -0.2) is 36.2 Å². The normalized spacial score (nSPS) is 50.4. The molecular formula is C12H23NO. The second kappa shape index (κ2) is 2.73. The van der Waals surface area contributed by atoms with Gasteiger partial charge in [-0.15, -0.1) is 0 Å². The zero-order valence-electron chi connectivity index (χ0n) is 10.0. The van der Waals surface area contributed by atoms with Crippen LogP contribution in [0.3, 0.4) is 0 Å². The van der Waals surface area contributed by atoms with E-state index in [1.54, 1.807) is 0 Å². The van der Waals surface area contributed by atoms with Crippen LogP contribution in [0.4, 0.5) is 0 Å². The Morgan fingerprint density at radius 2 is 1.79 bits per heavy atom. The highest BCUT2D eigenvalue weighted by molar-refractivity contribution is 5.16. The number of aliphatic hydroxyl groups excluding tert-OH is 1. The van der Waals surface area contributed by atoms with Crippen molar-refractivity contribution in [3.05, 3.63) is 0 Å². The number of nitrogens with zero attached hydrogens (tertiary/aromatic N) is 1. The maximum Gasteiger partial charge on any atom is 0.0756 e. The van der Waals surface area contributed by atoms with Gasteiger partial charge < -0.3 is 10.0 Å². The third-order valence-electron chi connectivity index (χ3n) is 5.36. The fourth-order valence-corrected chi connectivity index (χ4v) is 3.93. The summed E-state index contributed by atoms with van der Waals surface area (Å²) in [6.45, 7) is 6.93. The van der Waals surface area contributed by atoms with Crippen LogP contribution in [0.2, 0.25) is 0 Å².